The van der Waals surface area contributed by atoms with Gasteiger partial charge < -0.3 is 4.74 Å². The summed E-state index contributed by atoms with van der Waals surface area (Å²) in [4.78, 5) is 4.17. The number of hydrogen-bond acceptors (Lipinski definition) is 4. The zero-order chi connectivity index (χ0) is 21.6. The highest BCUT2D eigenvalue weighted by Gasteiger charge is 2.32. The summed E-state index contributed by atoms with van der Waals surface area (Å²) in [5, 5.41) is -0.150. The molecule has 0 aliphatic carbocycles. The van der Waals surface area contributed by atoms with Crippen LogP contribution in [0.25, 0.3) is 22.2 Å². The lowest BCUT2D eigenvalue weighted by atomic mass is 10.1. The lowest BCUT2D eigenvalue weighted by molar-refractivity contribution is -0.274. The van der Waals surface area contributed by atoms with E-state index >= 15 is 0 Å². The molecule has 3 aromatic rings. The third kappa shape index (κ3) is 4.20. The quantitative estimate of drug-likeness (QED) is 0.520. The Morgan fingerprint density at radius 2 is 1.86 bits per heavy atom. The number of nitrogens with zero attached hydrogens (tertiary/aromatic N) is 2. The Hall–Kier alpha value is -2.26. The number of benzene rings is 1. The van der Waals surface area contributed by atoms with Gasteiger partial charge in [0.15, 0.2) is 5.65 Å². The molecule has 0 radical (unpaired) electrons. The highest BCUT2D eigenvalue weighted by Crippen LogP contribution is 2.37. The van der Waals surface area contributed by atoms with Gasteiger partial charge in [0, 0.05) is 23.3 Å². The van der Waals surface area contributed by atoms with E-state index < -0.39 is 27.4 Å². The Labute approximate surface area is 171 Å². The number of fused-ring (bicyclic) bond motifs is 1. The number of aromatic nitrogens is 2. The van der Waals surface area contributed by atoms with E-state index in [1.54, 1.807) is 26.8 Å². The smallest absolute Gasteiger partial charge is 0.406 e. The summed E-state index contributed by atoms with van der Waals surface area (Å²) in [7, 11) is -3.82. The van der Waals surface area contributed by atoms with Crippen molar-refractivity contribution in [2.75, 3.05) is 0 Å². The number of pyridine rings is 1. The van der Waals surface area contributed by atoms with Crippen molar-refractivity contribution in [2.24, 2.45) is 5.92 Å². The van der Waals surface area contributed by atoms with E-state index in [9.17, 15) is 21.6 Å². The summed E-state index contributed by atoms with van der Waals surface area (Å²) < 4.78 is 69.0. The van der Waals surface area contributed by atoms with Crippen LogP contribution >= 0.6 is 11.6 Å². The number of hydrogen-bond donors (Lipinski definition) is 0. The van der Waals surface area contributed by atoms with Gasteiger partial charge in [-0.3, -0.25) is 0 Å². The van der Waals surface area contributed by atoms with E-state index in [0.717, 1.165) is 10.0 Å². The van der Waals surface area contributed by atoms with Crippen molar-refractivity contribution in [1.29, 1.82) is 0 Å². The molecule has 156 valence electrons. The number of halogens is 4. The van der Waals surface area contributed by atoms with Crippen molar-refractivity contribution in [3.05, 3.63) is 47.7 Å². The molecule has 0 fully saturated rings. The molecule has 0 saturated heterocycles. The second-order valence-electron chi connectivity index (χ2n) is 6.90. The summed E-state index contributed by atoms with van der Waals surface area (Å²) in [5.74, 6) is -0.585. The molecule has 0 aliphatic rings. The van der Waals surface area contributed by atoms with Crippen LogP contribution in [0.3, 0.4) is 0 Å². The SMILES string of the molecule is CC(C)[C@H](C)S(=O)(=O)n1cc(-c2cccc(OC(F)(F)F)c2)c2c(Cl)ccnc21. The van der Waals surface area contributed by atoms with E-state index in [1.165, 1.54) is 30.6 Å². The molecule has 5 nitrogen and oxygen atoms in total. The van der Waals surface area contributed by atoms with Gasteiger partial charge in [0.1, 0.15) is 5.75 Å². The maximum absolute atomic E-state index is 13.1. The van der Waals surface area contributed by atoms with Crippen LogP contribution < -0.4 is 4.74 Å². The Morgan fingerprint density at radius 1 is 1.17 bits per heavy atom. The first kappa shape index (κ1) is 21.4. The van der Waals surface area contributed by atoms with Crippen LogP contribution in [0.15, 0.2) is 42.7 Å². The minimum absolute atomic E-state index is 0.113. The number of ether oxygens (including phenoxy) is 1. The van der Waals surface area contributed by atoms with Crippen molar-refractivity contribution in [3.8, 4) is 16.9 Å². The van der Waals surface area contributed by atoms with E-state index in [0.29, 0.717) is 16.5 Å². The Balaban J connectivity index is 2.25. The van der Waals surface area contributed by atoms with Crippen LogP contribution in [-0.4, -0.2) is 29.0 Å². The van der Waals surface area contributed by atoms with Gasteiger partial charge in [-0.1, -0.05) is 37.6 Å². The van der Waals surface area contributed by atoms with Crippen molar-refractivity contribution < 1.29 is 26.3 Å². The average Bonchev–Trinajstić information content (AvgIpc) is 3.01. The first-order valence-corrected chi connectivity index (χ1v) is 10.6. The second-order valence-corrected chi connectivity index (χ2v) is 9.47. The van der Waals surface area contributed by atoms with E-state index in [2.05, 4.69) is 9.72 Å². The molecule has 0 unspecified atom stereocenters. The fraction of sp³-hybridized carbons (Fsp3) is 0.316. The largest absolute Gasteiger partial charge is 0.573 e. The molecular formula is C19H18ClF3N2O3S. The number of alkyl halides is 3. The predicted molar refractivity (Wildman–Crippen MR) is 105 cm³/mol. The molecule has 0 saturated carbocycles. The third-order valence-electron chi connectivity index (χ3n) is 4.67. The standard InChI is InChI=1S/C19H18ClF3N2O3S/c1-11(2)12(3)29(26,27)25-10-15(17-16(20)7-8-24-18(17)25)13-5-4-6-14(9-13)28-19(21,22)23/h4-12H,1-3H3/t12-/m0/s1. The van der Waals surface area contributed by atoms with Gasteiger partial charge in [-0.05, 0) is 36.6 Å². The Morgan fingerprint density at radius 3 is 2.48 bits per heavy atom. The zero-order valence-electron chi connectivity index (χ0n) is 15.7. The maximum Gasteiger partial charge on any atom is 0.573 e. The van der Waals surface area contributed by atoms with Crippen LogP contribution in [0, 0.1) is 5.92 Å². The molecule has 2 heterocycles. The molecule has 2 aromatic heterocycles. The van der Waals surface area contributed by atoms with Gasteiger partial charge in [-0.15, -0.1) is 13.2 Å². The summed E-state index contributed by atoms with van der Waals surface area (Å²) in [6, 6.07) is 6.76. The van der Waals surface area contributed by atoms with Gasteiger partial charge >= 0.3 is 6.36 Å². The number of rotatable bonds is 5. The van der Waals surface area contributed by atoms with Gasteiger partial charge in [0.05, 0.1) is 10.3 Å². The van der Waals surface area contributed by atoms with Crippen molar-refractivity contribution in [2.45, 2.75) is 32.4 Å². The van der Waals surface area contributed by atoms with Crippen molar-refractivity contribution in [3.63, 3.8) is 0 Å². The summed E-state index contributed by atoms with van der Waals surface area (Å²) in [6.07, 6.45) is -2.13. The van der Waals surface area contributed by atoms with E-state index in [1.807, 2.05) is 0 Å². The summed E-state index contributed by atoms with van der Waals surface area (Å²) >= 11 is 6.30. The summed E-state index contributed by atoms with van der Waals surface area (Å²) in [5.41, 5.74) is 0.769. The van der Waals surface area contributed by atoms with Gasteiger partial charge in [-0.25, -0.2) is 17.4 Å². The fourth-order valence-electron chi connectivity index (χ4n) is 2.88. The lowest BCUT2D eigenvalue weighted by Gasteiger charge is -2.17. The monoisotopic (exact) mass is 446 g/mol. The molecule has 10 heteroatoms. The minimum atomic E-state index is -4.85. The average molecular weight is 447 g/mol. The molecule has 29 heavy (non-hydrogen) atoms. The highest BCUT2D eigenvalue weighted by atomic mass is 35.5. The maximum atomic E-state index is 13.1. The molecule has 0 amide bonds. The molecule has 0 N–H and O–H groups in total. The van der Waals surface area contributed by atoms with Crippen LogP contribution in [-0.2, 0) is 10.0 Å². The molecule has 3 rings (SSSR count). The molecule has 0 spiro atoms. The molecule has 0 bridgehead atoms. The molecule has 1 atom stereocenters. The second kappa shape index (κ2) is 7.53. The van der Waals surface area contributed by atoms with Gasteiger partial charge in [0.25, 0.3) is 0 Å². The van der Waals surface area contributed by atoms with Crippen LogP contribution in [0.1, 0.15) is 20.8 Å². The van der Waals surface area contributed by atoms with Crippen LogP contribution in [0.2, 0.25) is 5.02 Å². The normalized spacial score (nSPS) is 13.8. The Kier molecular flexibility index (Phi) is 5.57. The molecule has 0 aliphatic heterocycles. The predicted octanol–water partition coefficient (Wildman–Crippen LogP) is 5.48. The Bertz CT molecular complexity index is 1160. The zero-order valence-corrected chi connectivity index (χ0v) is 17.3. The minimum Gasteiger partial charge on any atom is -0.406 e. The molecule has 1 aromatic carbocycles. The first-order valence-electron chi connectivity index (χ1n) is 8.68. The van der Waals surface area contributed by atoms with Gasteiger partial charge in [0.2, 0.25) is 10.0 Å². The van der Waals surface area contributed by atoms with E-state index in [-0.39, 0.29) is 16.6 Å². The van der Waals surface area contributed by atoms with Crippen LogP contribution in [0.5, 0.6) is 5.75 Å². The van der Waals surface area contributed by atoms with E-state index in [4.69, 9.17) is 11.6 Å². The van der Waals surface area contributed by atoms with Gasteiger partial charge in [-0.2, -0.15) is 0 Å². The first-order chi connectivity index (χ1) is 13.4. The topological polar surface area (TPSA) is 61.2 Å². The van der Waals surface area contributed by atoms with Crippen LogP contribution in [0.4, 0.5) is 13.2 Å². The highest BCUT2D eigenvalue weighted by molar-refractivity contribution is 7.90. The van der Waals surface area contributed by atoms with Crippen molar-refractivity contribution in [1.82, 2.24) is 8.96 Å². The summed E-state index contributed by atoms with van der Waals surface area (Å²) in [6.45, 7) is 5.16. The van der Waals surface area contributed by atoms with Crippen molar-refractivity contribution >= 4 is 32.7 Å². The third-order valence-corrected chi connectivity index (χ3v) is 7.29. The molecular weight excluding hydrogens is 429 g/mol. The fourth-order valence-corrected chi connectivity index (χ4v) is 4.80. The lowest BCUT2D eigenvalue weighted by Crippen LogP contribution is -2.29.